The first-order chi connectivity index (χ1) is 12.1. The fourth-order valence-electron chi connectivity index (χ4n) is 2.73. The van der Waals surface area contributed by atoms with Crippen molar-refractivity contribution < 1.29 is 23.8 Å². The zero-order chi connectivity index (χ0) is 18.4. The van der Waals surface area contributed by atoms with E-state index in [1.54, 1.807) is 24.3 Å². The van der Waals surface area contributed by atoms with Crippen molar-refractivity contribution >= 4 is 11.9 Å². The minimum absolute atomic E-state index is 0.236. The van der Waals surface area contributed by atoms with Gasteiger partial charge in [-0.3, -0.25) is 4.79 Å². The summed E-state index contributed by atoms with van der Waals surface area (Å²) in [6, 6.07) is 2.85. The number of amides is 1. The number of hydrogen-bond acceptors (Lipinski definition) is 5. The molecule has 6 nitrogen and oxygen atoms in total. The van der Waals surface area contributed by atoms with Crippen LogP contribution < -0.4 is 9.47 Å². The molecule has 1 saturated heterocycles. The summed E-state index contributed by atoms with van der Waals surface area (Å²) >= 11 is 0. The SMILES string of the molecule is C=CCOc1c(CC=C)cc(C(=O)N2CC[C@@H]2C(=O)OC)cc1OC. The molecule has 0 aliphatic carbocycles. The highest BCUT2D eigenvalue weighted by atomic mass is 16.5. The Morgan fingerprint density at radius 1 is 1.28 bits per heavy atom. The van der Waals surface area contributed by atoms with Gasteiger partial charge in [-0.1, -0.05) is 18.7 Å². The van der Waals surface area contributed by atoms with Gasteiger partial charge >= 0.3 is 5.97 Å². The third-order valence-electron chi connectivity index (χ3n) is 4.06. The van der Waals surface area contributed by atoms with Gasteiger partial charge in [0, 0.05) is 17.7 Å². The molecule has 1 aromatic rings. The number of allylic oxidation sites excluding steroid dienone is 1. The van der Waals surface area contributed by atoms with E-state index in [-0.39, 0.29) is 5.91 Å². The Morgan fingerprint density at radius 3 is 2.56 bits per heavy atom. The molecule has 2 rings (SSSR count). The van der Waals surface area contributed by atoms with Crippen molar-refractivity contribution in [2.45, 2.75) is 18.9 Å². The lowest BCUT2D eigenvalue weighted by Gasteiger charge is -2.38. The number of methoxy groups -OCH3 is 2. The van der Waals surface area contributed by atoms with Crippen molar-refractivity contribution in [3.8, 4) is 11.5 Å². The van der Waals surface area contributed by atoms with Gasteiger partial charge in [0.05, 0.1) is 14.2 Å². The number of likely N-dealkylation sites (tertiary alicyclic amines) is 1. The molecule has 1 aliphatic heterocycles. The molecule has 25 heavy (non-hydrogen) atoms. The fourth-order valence-corrected chi connectivity index (χ4v) is 2.73. The van der Waals surface area contributed by atoms with Crippen LogP contribution in [0.2, 0.25) is 0 Å². The summed E-state index contributed by atoms with van der Waals surface area (Å²) in [5, 5.41) is 0. The first-order valence-electron chi connectivity index (χ1n) is 8.01. The van der Waals surface area contributed by atoms with Crippen molar-refractivity contribution in [1.29, 1.82) is 0 Å². The van der Waals surface area contributed by atoms with Crippen LogP contribution in [0, 0.1) is 0 Å². The molecule has 1 atom stereocenters. The number of carbonyl (C=O) groups is 2. The number of nitrogens with zero attached hydrogens (tertiary/aromatic N) is 1. The van der Waals surface area contributed by atoms with Crippen LogP contribution in [0.25, 0.3) is 0 Å². The molecule has 0 bridgehead atoms. The summed E-state index contributed by atoms with van der Waals surface area (Å²) in [7, 11) is 2.84. The molecule has 0 radical (unpaired) electrons. The predicted octanol–water partition coefficient (Wildman–Crippen LogP) is 2.38. The van der Waals surface area contributed by atoms with Gasteiger partial charge in [-0.25, -0.2) is 4.79 Å². The van der Waals surface area contributed by atoms with Crippen molar-refractivity contribution in [1.82, 2.24) is 4.90 Å². The minimum Gasteiger partial charge on any atom is -0.493 e. The van der Waals surface area contributed by atoms with E-state index in [1.807, 2.05) is 0 Å². The number of benzene rings is 1. The van der Waals surface area contributed by atoms with E-state index in [2.05, 4.69) is 13.2 Å². The number of esters is 1. The average molecular weight is 345 g/mol. The smallest absolute Gasteiger partial charge is 0.328 e. The second-order valence-corrected chi connectivity index (χ2v) is 5.59. The quantitative estimate of drug-likeness (QED) is 0.535. The Bertz CT molecular complexity index is 683. The Hall–Kier alpha value is -2.76. The van der Waals surface area contributed by atoms with E-state index in [9.17, 15) is 9.59 Å². The highest BCUT2D eigenvalue weighted by molar-refractivity contribution is 5.98. The molecule has 0 N–H and O–H groups in total. The molecular weight excluding hydrogens is 322 g/mol. The average Bonchev–Trinajstić information content (AvgIpc) is 2.59. The van der Waals surface area contributed by atoms with E-state index >= 15 is 0 Å². The first kappa shape index (κ1) is 18.6. The van der Waals surface area contributed by atoms with Crippen molar-refractivity contribution in [2.75, 3.05) is 27.4 Å². The van der Waals surface area contributed by atoms with Gasteiger partial charge in [-0.15, -0.1) is 6.58 Å². The monoisotopic (exact) mass is 345 g/mol. The largest absolute Gasteiger partial charge is 0.493 e. The third kappa shape index (κ3) is 3.84. The van der Waals surface area contributed by atoms with E-state index in [1.165, 1.54) is 19.1 Å². The van der Waals surface area contributed by atoms with Crippen LogP contribution in [0.15, 0.2) is 37.4 Å². The molecule has 6 heteroatoms. The maximum atomic E-state index is 12.8. The lowest BCUT2D eigenvalue weighted by atomic mass is 9.99. The number of carbonyl (C=O) groups excluding carboxylic acids is 2. The zero-order valence-corrected chi connectivity index (χ0v) is 14.6. The van der Waals surface area contributed by atoms with Crippen molar-refractivity contribution in [2.24, 2.45) is 0 Å². The summed E-state index contributed by atoms with van der Waals surface area (Å²) < 4.78 is 15.8. The van der Waals surface area contributed by atoms with Gasteiger partial charge in [0.1, 0.15) is 12.6 Å². The third-order valence-corrected chi connectivity index (χ3v) is 4.06. The molecule has 0 aromatic heterocycles. The van der Waals surface area contributed by atoms with Crippen LogP contribution in [0.4, 0.5) is 0 Å². The number of hydrogen-bond donors (Lipinski definition) is 0. The maximum absolute atomic E-state index is 12.8. The summed E-state index contributed by atoms with van der Waals surface area (Å²) in [4.78, 5) is 26.0. The van der Waals surface area contributed by atoms with E-state index in [0.29, 0.717) is 43.1 Å². The fraction of sp³-hybridized carbons (Fsp3) is 0.368. The van der Waals surface area contributed by atoms with Crippen molar-refractivity contribution in [3.63, 3.8) is 0 Å². The lowest BCUT2D eigenvalue weighted by Crippen LogP contribution is -2.55. The zero-order valence-electron chi connectivity index (χ0n) is 14.6. The van der Waals surface area contributed by atoms with Gasteiger partial charge in [-0.05, 0) is 25.0 Å². The lowest BCUT2D eigenvalue weighted by molar-refractivity contribution is -0.149. The second kappa shape index (κ2) is 8.37. The molecule has 1 aliphatic rings. The summed E-state index contributed by atoms with van der Waals surface area (Å²) in [5.41, 5.74) is 1.22. The Labute approximate surface area is 147 Å². The predicted molar refractivity (Wildman–Crippen MR) is 94.0 cm³/mol. The van der Waals surface area contributed by atoms with Gasteiger partial charge in [-0.2, -0.15) is 0 Å². The molecule has 1 fully saturated rings. The van der Waals surface area contributed by atoms with E-state index in [4.69, 9.17) is 14.2 Å². The van der Waals surface area contributed by atoms with Gasteiger partial charge in [0.25, 0.3) is 5.91 Å². The van der Waals surface area contributed by atoms with E-state index in [0.717, 1.165) is 5.56 Å². The van der Waals surface area contributed by atoms with E-state index < -0.39 is 12.0 Å². The molecule has 1 amide bonds. The van der Waals surface area contributed by atoms with Crippen molar-refractivity contribution in [3.05, 3.63) is 48.6 Å². The standard InChI is InChI=1S/C19H23NO5/c1-5-7-13-11-14(12-16(23-3)17(13)25-10-6-2)18(21)20-9-8-15(20)19(22)24-4/h5-6,11-12,15H,1-2,7-10H2,3-4H3/t15-/m1/s1. The summed E-state index contributed by atoms with van der Waals surface area (Å²) in [6.45, 7) is 8.22. The molecule has 0 saturated carbocycles. The Kier molecular flexibility index (Phi) is 6.22. The molecule has 0 spiro atoms. The minimum atomic E-state index is -0.525. The number of rotatable bonds is 8. The first-order valence-corrected chi connectivity index (χ1v) is 8.01. The summed E-state index contributed by atoms with van der Waals surface area (Å²) in [5.74, 6) is 0.385. The van der Waals surface area contributed by atoms with Crippen LogP contribution in [0.3, 0.4) is 0 Å². The van der Waals surface area contributed by atoms with Crippen LogP contribution in [0.1, 0.15) is 22.3 Å². The Morgan fingerprint density at radius 2 is 2.04 bits per heavy atom. The Balaban J connectivity index is 2.35. The summed E-state index contributed by atoms with van der Waals surface area (Å²) in [6.07, 6.45) is 4.49. The molecule has 1 heterocycles. The van der Waals surface area contributed by atoms with Gasteiger partial charge in [0.15, 0.2) is 11.5 Å². The van der Waals surface area contributed by atoms with Crippen LogP contribution in [-0.2, 0) is 16.0 Å². The second-order valence-electron chi connectivity index (χ2n) is 5.59. The normalized spacial score (nSPS) is 15.8. The molecule has 134 valence electrons. The highest BCUT2D eigenvalue weighted by Crippen LogP contribution is 2.35. The van der Waals surface area contributed by atoms with Crippen LogP contribution in [0.5, 0.6) is 11.5 Å². The van der Waals surface area contributed by atoms with Gasteiger partial charge in [0.2, 0.25) is 0 Å². The molecule has 0 unspecified atom stereocenters. The number of ether oxygens (including phenoxy) is 3. The molecule has 1 aromatic carbocycles. The maximum Gasteiger partial charge on any atom is 0.328 e. The topological polar surface area (TPSA) is 65.1 Å². The van der Waals surface area contributed by atoms with Crippen LogP contribution in [-0.4, -0.2) is 50.2 Å². The van der Waals surface area contributed by atoms with Crippen LogP contribution >= 0.6 is 0 Å². The molecular formula is C19H23NO5. The van der Waals surface area contributed by atoms with Gasteiger partial charge < -0.3 is 19.1 Å². The highest BCUT2D eigenvalue weighted by Gasteiger charge is 2.39.